The Morgan fingerprint density at radius 3 is 3.28 bits per heavy atom. The number of rotatable bonds is 3. The smallest absolute Gasteiger partial charge is 0.255 e. The zero-order valence-electron chi connectivity index (χ0n) is 10.3. The van der Waals surface area contributed by atoms with Crippen molar-refractivity contribution in [1.82, 2.24) is 15.2 Å². The second-order valence-electron chi connectivity index (χ2n) is 4.36. The molecule has 0 aromatic carbocycles. The zero-order chi connectivity index (χ0) is 13.0. The molecule has 1 aliphatic rings. The minimum absolute atomic E-state index is 0.00307. The van der Waals surface area contributed by atoms with Gasteiger partial charge >= 0.3 is 0 Å². The first kappa shape index (κ1) is 12.8. The van der Waals surface area contributed by atoms with Crippen LogP contribution < -0.4 is 5.32 Å². The largest absolute Gasteiger partial charge is 0.505 e. The number of aromatic hydroxyl groups is 1. The van der Waals surface area contributed by atoms with Gasteiger partial charge in [-0.2, -0.15) is 0 Å². The molecule has 2 rings (SSSR count). The van der Waals surface area contributed by atoms with E-state index in [-0.39, 0.29) is 23.3 Å². The summed E-state index contributed by atoms with van der Waals surface area (Å²) in [6.07, 6.45) is 2.72. The van der Waals surface area contributed by atoms with Crippen LogP contribution in [0.15, 0.2) is 18.5 Å². The third kappa shape index (κ3) is 3.18. The third-order valence-electron chi connectivity index (χ3n) is 2.88. The van der Waals surface area contributed by atoms with Crippen LogP contribution >= 0.6 is 0 Å². The fourth-order valence-electron chi connectivity index (χ4n) is 1.87. The first-order chi connectivity index (χ1) is 8.66. The monoisotopic (exact) mass is 251 g/mol. The highest BCUT2D eigenvalue weighted by molar-refractivity contribution is 5.96. The first-order valence-electron chi connectivity index (χ1n) is 5.88. The Hall–Kier alpha value is -1.66. The maximum Gasteiger partial charge on any atom is 0.255 e. The molecule has 0 spiro atoms. The van der Waals surface area contributed by atoms with Crippen molar-refractivity contribution in [2.45, 2.75) is 6.10 Å². The molecule has 1 unspecified atom stereocenters. The molecule has 1 saturated heterocycles. The SMILES string of the molecule is CN1CCOC(CNC(=O)c2ccncc2O)C1. The van der Waals surface area contributed by atoms with Crippen LogP contribution in [0.4, 0.5) is 0 Å². The molecule has 6 nitrogen and oxygen atoms in total. The van der Waals surface area contributed by atoms with E-state index < -0.39 is 0 Å². The van der Waals surface area contributed by atoms with Crippen LogP contribution in [-0.2, 0) is 4.74 Å². The fourth-order valence-corrected chi connectivity index (χ4v) is 1.87. The van der Waals surface area contributed by atoms with Gasteiger partial charge in [-0.25, -0.2) is 0 Å². The molecule has 1 aromatic rings. The number of aromatic nitrogens is 1. The summed E-state index contributed by atoms with van der Waals surface area (Å²) in [5.41, 5.74) is 0.231. The lowest BCUT2D eigenvalue weighted by Crippen LogP contribution is -2.45. The number of nitrogens with zero attached hydrogens (tertiary/aromatic N) is 2. The summed E-state index contributed by atoms with van der Waals surface area (Å²) < 4.78 is 5.53. The van der Waals surface area contributed by atoms with E-state index >= 15 is 0 Å². The summed E-state index contributed by atoms with van der Waals surface area (Å²) in [4.78, 5) is 17.7. The van der Waals surface area contributed by atoms with E-state index in [2.05, 4.69) is 15.2 Å². The number of hydrogen-bond acceptors (Lipinski definition) is 5. The van der Waals surface area contributed by atoms with Crippen molar-refractivity contribution >= 4 is 5.91 Å². The molecule has 0 saturated carbocycles. The molecule has 18 heavy (non-hydrogen) atoms. The summed E-state index contributed by atoms with van der Waals surface area (Å²) in [6, 6.07) is 1.48. The summed E-state index contributed by atoms with van der Waals surface area (Å²) in [5.74, 6) is -0.427. The number of hydrogen-bond donors (Lipinski definition) is 2. The van der Waals surface area contributed by atoms with E-state index in [0.717, 1.165) is 13.1 Å². The van der Waals surface area contributed by atoms with Crippen molar-refractivity contribution in [3.05, 3.63) is 24.0 Å². The molecule has 0 aliphatic carbocycles. The van der Waals surface area contributed by atoms with Gasteiger partial charge in [0.2, 0.25) is 0 Å². The van der Waals surface area contributed by atoms with E-state index in [1.807, 2.05) is 7.05 Å². The molecule has 0 bridgehead atoms. The van der Waals surface area contributed by atoms with E-state index in [4.69, 9.17) is 4.74 Å². The molecule has 1 aliphatic heterocycles. The molecular formula is C12H17N3O3. The molecule has 1 fully saturated rings. The van der Waals surface area contributed by atoms with Crippen molar-refractivity contribution in [3.63, 3.8) is 0 Å². The molecule has 1 amide bonds. The Morgan fingerprint density at radius 2 is 2.56 bits per heavy atom. The lowest BCUT2D eigenvalue weighted by molar-refractivity contribution is -0.0175. The quantitative estimate of drug-likeness (QED) is 0.781. The number of amides is 1. The maximum absolute atomic E-state index is 11.8. The first-order valence-corrected chi connectivity index (χ1v) is 5.88. The number of ether oxygens (including phenoxy) is 1. The second-order valence-corrected chi connectivity index (χ2v) is 4.36. The highest BCUT2D eigenvalue weighted by Gasteiger charge is 2.19. The van der Waals surface area contributed by atoms with Gasteiger partial charge in [0, 0.05) is 25.8 Å². The molecule has 2 N–H and O–H groups in total. The van der Waals surface area contributed by atoms with E-state index in [1.54, 1.807) is 0 Å². The van der Waals surface area contributed by atoms with Crippen molar-refractivity contribution in [2.24, 2.45) is 0 Å². The summed E-state index contributed by atoms with van der Waals surface area (Å²) in [5, 5.41) is 12.2. The Bertz CT molecular complexity index is 425. The van der Waals surface area contributed by atoms with Crippen molar-refractivity contribution in [2.75, 3.05) is 33.3 Å². The molecule has 98 valence electrons. The van der Waals surface area contributed by atoms with Crippen LogP contribution in [0, 0.1) is 0 Å². The maximum atomic E-state index is 11.8. The molecule has 1 atom stereocenters. The van der Waals surface area contributed by atoms with Gasteiger partial charge in [0.05, 0.1) is 24.5 Å². The molecule has 2 heterocycles. The number of carbonyl (C=O) groups excluding carboxylic acids is 1. The predicted octanol–water partition coefficient (Wildman–Crippen LogP) is -0.152. The van der Waals surface area contributed by atoms with Gasteiger partial charge in [-0.15, -0.1) is 0 Å². The number of nitrogens with one attached hydrogen (secondary N) is 1. The van der Waals surface area contributed by atoms with Crippen molar-refractivity contribution < 1.29 is 14.6 Å². The summed E-state index contributed by atoms with van der Waals surface area (Å²) >= 11 is 0. The average Bonchev–Trinajstić information content (AvgIpc) is 2.37. The Balaban J connectivity index is 1.87. The predicted molar refractivity (Wildman–Crippen MR) is 65.5 cm³/mol. The Labute approximate surface area is 106 Å². The van der Waals surface area contributed by atoms with Gasteiger partial charge in [0.25, 0.3) is 5.91 Å². The normalized spacial score (nSPS) is 20.6. The summed E-state index contributed by atoms with van der Waals surface area (Å²) in [7, 11) is 2.02. The molecular weight excluding hydrogens is 234 g/mol. The highest BCUT2D eigenvalue weighted by atomic mass is 16.5. The number of morpholine rings is 1. The van der Waals surface area contributed by atoms with Crippen LogP contribution in [0.1, 0.15) is 10.4 Å². The zero-order valence-corrected chi connectivity index (χ0v) is 10.3. The van der Waals surface area contributed by atoms with Gasteiger partial charge < -0.3 is 20.1 Å². The Kier molecular flexibility index (Phi) is 4.11. The van der Waals surface area contributed by atoms with Gasteiger partial charge in [0.1, 0.15) is 5.75 Å². The van der Waals surface area contributed by atoms with Crippen molar-refractivity contribution in [1.29, 1.82) is 0 Å². The minimum Gasteiger partial charge on any atom is -0.505 e. The third-order valence-corrected chi connectivity index (χ3v) is 2.88. The van der Waals surface area contributed by atoms with Crippen LogP contribution in [0.5, 0.6) is 5.75 Å². The molecule has 0 radical (unpaired) electrons. The van der Waals surface area contributed by atoms with Gasteiger partial charge in [-0.05, 0) is 13.1 Å². The van der Waals surface area contributed by atoms with Gasteiger partial charge in [-0.3, -0.25) is 9.78 Å². The number of likely N-dealkylation sites (N-methyl/N-ethyl adjacent to an activating group) is 1. The van der Waals surface area contributed by atoms with E-state index in [0.29, 0.717) is 13.2 Å². The highest BCUT2D eigenvalue weighted by Crippen LogP contribution is 2.13. The second kappa shape index (κ2) is 5.79. The van der Waals surface area contributed by atoms with Crippen LogP contribution in [0.3, 0.4) is 0 Å². The topological polar surface area (TPSA) is 74.7 Å². The Morgan fingerprint density at radius 1 is 1.72 bits per heavy atom. The van der Waals surface area contributed by atoms with Crippen molar-refractivity contribution in [3.8, 4) is 5.75 Å². The van der Waals surface area contributed by atoms with E-state index in [9.17, 15) is 9.90 Å². The minimum atomic E-state index is -0.313. The lowest BCUT2D eigenvalue weighted by atomic mass is 10.2. The average molecular weight is 251 g/mol. The van der Waals surface area contributed by atoms with Gasteiger partial charge in [-0.1, -0.05) is 0 Å². The van der Waals surface area contributed by atoms with E-state index in [1.165, 1.54) is 18.5 Å². The molecule has 1 aromatic heterocycles. The standard InChI is InChI=1S/C12H17N3O3/c1-15-4-5-18-9(8-15)6-14-12(17)10-2-3-13-7-11(10)16/h2-3,7,9,16H,4-6,8H2,1H3,(H,14,17). The fraction of sp³-hybridized carbons (Fsp3) is 0.500. The number of carbonyl (C=O) groups is 1. The van der Waals surface area contributed by atoms with Crippen LogP contribution in [0.25, 0.3) is 0 Å². The lowest BCUT2D eigenvalue weighted by Gasteiger charge is -2.30. The van der Waals surface area contributed by atoms with Gasteiger partial charge in [0.15, 0.2) is 0 Å². The number of pyridine rings is 1. The van der Waals surface area contributed by atoms with Crippen LogP contribution in [0.2, 0.25) is 0 Å². The van der Waals surface area contributed by atoms with Crippen LogP contribution in [-0.4, -0.2) is 60.3 Å². The molecule has 6 heteroatoms. The summed E-state index contributed by atoms with van der Waals surface area (Å²) in [6.45, 7) is 2.82.